The van der Waals surface area contributed by atoms with Gasteiger partial charge in [0.15, 0.2) is 0 Å². The van der Waals surface area contributed by atoms with Crippen LogP contribution >= 0.6 is 0 Å². The highest BCUT2D eigenvalue weighted by atomic mass is 16.4. The van der Waals surface area contributed by atoms with Crippen LogP contribution in [-0.4, -0.2) is 29.1 Å². The normalized spacial score (nSPS) is 33.9. The third kappa shape index (κ3) is 2.24. The molecule has 3 nitrogen and oxygen atoms in total. The molecule has 2 fully saturated rings. The zero-order valence-corrected chi connectivity index (χ0v) is 12.1. The Bertz CT molecular complexity index is 487. The number of hydrogen-bond acceptors (Lipinski definition) is 2. The molecule has 1 heterocycles. The van der Waals surface area contributed by atoms with E-state index in [9.17, 15) is 9.90 Å². The summed E-state index contributed by atoms with van der Waals surface area (Å²) in [6, 6.07) is 10.5. The smallest absolute Gasteiger partial charge is 0.307 e. The minimum atomic E-state index is -0.587. The Morgan fingerprint density at radius 1 is 1.40 bits per heavy atom. The Hall–Kier alpha value is -1.35. The number of nitrogens with zero attached hydrogens (tertiary/aromatic N) is 1. The van der Waals surface area contributed by atoms with E-state index in [1.54, 1.807) is 0 Å². The van der Waals surface area contributed by atoms with E-state index in [2.05, 4.69) is 36.1 Å². The van der Waals surface area contributed by atoms with Gasteiger partial charge in [-0.15, -0.1) is 0 Å². The minimum Gasteiger partial charge on any atom is -0.481 e. The third-order valence-electron chi connectivity index (χ3n) is 5.41. The number of carbonyl (C=O) groups is 1. The van der Waals surface area contributed by atoms with Crippen molar-refractivity contribution in [1.29, 1.82) is 0 Å². The molecule has 2 aliphatic rings. The van der Waals surface area contributed by atoms with Crippen molar-refractivity contribution in [3.8, 4) is 0 Å². The first-order valence-corrected chi connectivity index (χ1v) is 7.61. The van der Waals surface area contributed by atoms with E-state index in [4.69, 9.17) is 0 Å². The maximum atomic E-state index is 11.6. The maximum absolute atomic E-state index is 11.6. The van der Waals surface area contributed by atoms with Crippen LogP contribution in [0.2, 0.25) is 0 Å². The molecule has 3 rings (SSSR count). The Kier molecular flexibility index (Phi) is 3.55. The lowest BCUT2D eigenvalue weighted by molar-refractivity contribution is -0.146. The SMILES string of the molecule is CC1CN(Cc2ccccc2)C[C@@]12CCC[C@H]2C(=O)O. The Morgan fingerprint density at radius 2 is 2.15 bits per heavy atom. The summed E-state index contributed by atoms with van der Waals surface area (Å²) in [6.45, 7) is 5.16. The molecule has 1 spiro atoms. The van der Waals surface area contributed by atoms with E-state index in [0.29, 0.717) is 5.92 Å². The predicted molar refractivity (Wildman–Crippen MR) is 78.3 cm³/mol. The molecule has 108 valence electrons. The lowest BCUT2D eigenvalue weighted by Gasteiger charge is -2.32. The van der Waals surface area contributed by atoms with Gasteiger partial charge in [-0.25, -0.2) is 0 Å². The summed E-state index contributed by atoms with van der Waals surface area (Å²) in [4.78, 5) is 14.0. The highest BCUT2D eigenvalue weighted by Crippen LogP contribution is 2.53. The first-order valence-electron chi connectivity index (χ1n) is 7.61. The fourth-order valence-corrected chi connectivity index (χ4v) is 4.41. The first kappa shape index (κ1) is 13.6. The molecule has 3 heteroatoms. The van der Waals surface area contributed by atoms with Gasteiger partial charge in [-0.05, 0) is 24.3 Å². The van der Waals surface area contributed by atoms with Crippen LogP contribution in [-0.2, 0) is 11.3 Å². The van der Waals surface area contributed by atoms with Gasteiger partial charge < -0.3 is 5.11 Å². The van der Waals surface area contributed by atoms with Gasteiger partial charge in [0.2, 0.25) is 0 Å². The summed E-state index contributed by atoms with van der Waals surface area (Å²) in [5.74, 6) is -0.246. The van der Waals surface area contributed by atoms with E-state index in [-0.39, 0.29) is 11.3 Å². The maximum Gasteiger partial charge on any atom is 0.307 e. The average molecular weight is 273 g/mol. The summed E-state index contributed by atoms with van der Waals surface area (Å²) in [5.41, 5.74) is 1.34. The van der Waals surface area contributed by atoms with Gasteiger partial charge in [0, 0.05) is 25.0 Å². The third-order valence-corrected chi connectivity index (χ3v) is 5.41. The second-order valence-electron chi connectivity index (χ2n) is 6.57. The highest BCUT2D eigenvalue weighted by Gasteiger charge is 2.54. The molecule has 1 aliphatic carbocycles. The van der Waals surface area contributed by atoms with E-state index in [0.717, 1.165) is 38.9 Å². The fourth-order valence-electron chi connectivity index (χ4n) is 4.41. The van der Waals surface area contributed by atoms with Crippen molar-refractivity contribution in [3.05, 3.63) is 35.9 Å². The molecule has 1 saturated carbocycles. The van der Waals surface area contributed by atoms with Crippen LogP contribution in [0.3, 0.4) is 0 Å². The van der Waals surface area contributed by atoms with Gasteiger partial charge in [0.1, 0.15) is 0 Å². The van der Waals surface area contributed by atoms with Crippen molar-refractivity contribution in [2.75, 3.05) is 13.1 Å². The van der Waals surface area contributed by atoms with Crippen LogP contribution in [0.5, 0.6) is 0 Å². The number of rotatable bonds is 3. The summed E-state index contributed by atoms with van der Waals surface area (Å²) in [5, 5.41) is 9.51. The van der Waals surface area contributed by atoms with Crippen molar-refractivity contribution in [2.45, 2.75) is 32.7 Å². The van der Waals surface area contributed by atoms with Crippen molar-refractivity contribution in [3.63, 3.8) is 0 Å². The van der Waals surface area contributed by atoms with Crippen molar-refractivity contribution >= 4 is 5.97 Å². The molecule has 1 aliphatic heterocycles. The zero-order valence-electron chi connectivity index (χ0n) is 12.1. The van der Waals surface area contributed by atoms with Gasteiger partial charge in [-0.2, -0.15) is 0 Å². The molecule has 20 heavy (non-hydrogen) atoms. The number of carboxylic acid groups (broad SMARTS) is 1. The van der Waals surface area contributed by atoms with Crippen LogP contribution in [0.25, 0.3) is 0 Å². The summed E-state index contributed by atoms with van der Waals surface area (Å²) >= 11 is 0. The number of carboxylic acids is 1. The standard InChI is InChI=1S/C17H23NO2/c1-13-10-18(11-14-6-3-2-4-7-14)12-17(13)9-5-8-15(17)16(19)20/h2-4,6-7,13,15H,5,8-12H2,1H3,(H,19,20)/t13?,15-,17-/m0/s1. The quantitative estimate of drug-likeness (QED) is 0.920. The predicted octanol–water partition coefficient (Wildman–Crippen LogP) is 3.01. The van der Waals surface area contributed by atoms with E-state index in [1.165, 1.54) is 5.56 Å². The molecule has 1 aromatic carbocycles. The van der Waals surface area contributed by atoms with Crippen LogP contribution in [0.15, 0.2) is 30.3 Å². The van der Waals surface area contributed by atoms with Crippen molar-refractivity contribution < 1.29 is 9.90 Å². The first-order chi connectivity index (χ1) is 9.62. The number of aliphatic carboxylic acids is 1. The fraction of sp³-hybridized carbons (Fsp3) is 0.588. The molecule has 1 N–H and O–H groups in total. The lowest BCUT2D eigenvalue weighted by atomic mass is 9.71. The number of hydrogen-bond donors (Lipinski definition) is 1. The second kappa shape index (κ2) is 5.21. The summed E-state index contributed by atoms with van der Waals surface area (Å²) < 4.78 is 0. The van der Waals surface area contributed by atoms with E-state index >= 15 is 0 Å². The molecular weight excluding hydrogens is 250 g/mol. The monoisotopic (exact) mass is 273 g/mol. The molecular formula is C17H23NO2. The van der Waals surface area contributed by atoms with E-state index < -0.39 is 5.97 Å². The largest absolute Gasteiger partial charge is 0.481 e. The molecule has 0 bridgehead atoms. The van der Waals surface area contributed by atoms with Crippen molar-refractivity contribution in [1.82, 2.24) is 4.90 Å². The highest BCUT2D eigenvalue weighted by molar-refractivity contribution is 5.71. The summed E-state index contributed by atoms with van der Waals surface area (Å²) in [7, 11) is 0. The lowest BCUT2D eigenvalue weighted by Crippen LogP contribution is -2.37. The second-order valence-corrected chi connectivity index (χ2v) is 6.57. The molecule has 1 aromatic rings. The van der Waals surface area contributed by atoms with Crippen molar-refractivity contribution in [2.24, 2.45) is 17.3 Å². The molecule has 0 amide bonds. The van der Waals surface area contributed by atoms with Gasteiger partial charge in [-0.3, -0.25) is 9.69 Å². The minimum absolute atomic E-state index is 0.0145. The zero-order chi connectivity index (χ0) is 14.2. The molecule has 0 aromatic heterocycles. The van der Waals surface area contributed by atoms with Gasteiger partial charge >= 0.3 is 5.97 Å². The summed E-state index contributed by atoms with van der Waals surface area (Å²) in [6.07, 6.45) is 3.01. The topological polar surface area (TPSA) is 40.5 Å². The van der Waals surface area contributed by atoms with Crippen LogP contribution < -0.4 is 0 Å². The van der Waals surface area contributed by atoms with Gasteiger partial charge in [-0.1, -0.05) is 43.7 Å². The van der Waals surface area contributed by atoms with Crippen LogP contribution in [0.1, 0.15) is 31.7 Å². The molecule has 0 radical (unpaired) electrons. The van der Waals surface area contributed by atoms with Crippen LogP contribution in [0.4, 0.5) is 0 Å². The van der Waals surface area contributed by atoms with Gasteiger partial charge in [0.05, 0.1) is 5.92 Å². The Labute approximate surface area is 120 Å². The average Bonchev–Trinajstić information content (AvgIpc) is 2.97. The Balaban J connectivity index is 1.75. The molecule has 1 saturated heterocycles. The van der Waals surface area contributed by atoms with Gasteiger partial charge in [0.25, 0.3) is 0 Å². The molecule has 1 unspecified atom stereocenters. The number of likely N-dealkylation sites (tertiary alicyclic amines) is 1. The number of benzene rings is 1. The molecule has 3 atom stereocenters. The Morgan fingerprint density at radius 3 is 2.85 bits per heavy atom. The van der Waals surface area contributed by atoms with Crippen LogP contribution in [0, 0.1) is 17.3 Å². The van der Waals surface area contributed by atoms with E-state index in [1.807, 2.05) is 6.07 Å².